The zero-order valence-electron chi connectivity index (χ0n) is 9.69. The molecule has 0 saturated heterocycles. The molecule has 0 atom stereocenters. The molecule has 7 heteroatoms. The first-order valence-corrected chi connectivity index (χ1v) is 7.71. The highest BCUT2D eigenvalue weighted by molar-refractivity contribution is 7.90. The maximum absolute atomic E-state index is 11.1. The largest absolute Gasteiger partial charge is 0.486 e. The summed E-state index contributed by atoms with van der Waals surface area (Å²) in [5, 5.41) is -0.422. The minimum absolute atomic E-state index is 0.314. The normalized spacial score (nSPS) is 14.5. The van der Waals surface area contributed by atoms with Crippen LogP contribution in [0.3, 0.4) is 0 Å². The SMILES string of the molecule is O=S(=O)(CCl)NCCc1ccc2c(c1)OCCO2. The van der Waals surface area contributed by atoms with Gasteiger partial charge in [-0.15, -0.1) is 11.6 Å². The molecule has 1 aromatic rings. The first-order valence-electron chi connectivity index (χ1n) is 5.52. The van der Waals surface area contributed by atoms with Crippen LogP contribution in [0.4, 0.5) is 0 Å². The van der Waals surface area contributed by atoms with E-state index in [0.717, 1.165) is 11.3 Å². The first kappa shape index (κ1) is 13.5. The van der Waals surface area contributed by atoms with E-state index in [-0.39, 0.29) is 0 Å². The summed E-state index contributed by atoms with van der Waals surface area (Å²) in [5.74, 6) is 1.44. The molecule has 1 N–H and O–H groups in total. The first-order chi connectivity index (χ1) is 8.61. The summed E-state index contributed by atoms with van der Waals surface area (Å²) < 4.78 is 35.5. The van der Waals surface area contributed by atoms with Crippen LogP contribution in [-0.2, 0) is 16.4 Å². The van der Waals surface area contributed by atoms with E-state index < -0.39 is 15.2 Å². The molecule has 0 radical (unpaired) electrons. The van der Waals surface area contributed by atoms with Crippen molar-refractivity contribution in [3.8, 4) is 11.5 Å². The Labute approximate surface area is 111 Å². The van der Waals surface area contributed by atoms with Crippen LogP contribution in [0, 0.1) is 0 Å². The Balaban J connectivity index is 1.94. The van der Waals surface area contributed by atoms with Crippen LogP contribution in [0.15, 0.2) is 18.2 Å². The second kappa shape index (κ2) is 5.77. The lowest BCUT2D eigenvalue weighted by molar-refractivity contribution is 0.171. The summed E-state index contributed by atoms with van der Waals surface area (Å²) in [6.07, 6.45) is 0.576. The van der Waals surface area contributed by atoms with Crippen LogP contribution in [0.1, 0.15) is 5.56 Å². The Hall–Kier alpha value is -0.980. The maximum atomic E-state index is 11.1. The van der Waals surface area contributed by atoms with Crippen molar-refractivity contribution in [3.05, 3.63) is 23.8 Å². The van der Waals surface area contributed by atoms with Gasteiger partial charge < -0.3 is 9.47 Å². The van der Waals surface area contributed by atoms with E-state index in [0.29, 0.717) is 31.9 Å². The molecule has 1 heterocycles. The highest BCUT2D eigenvalue weighted by Gasteiger charge is 2.12. The van der Waals surface area contributed by atoms with Crippen molar-refractivity contribution in [3.63, 3.8) is 0 Å². The van der Waals surface area contributed by atoms with Gasteiger partial charge in [-0.25, -0.2) is 13.1 Å². The smallest absolute Gasteiger partial charge is 0.225 e. The lowest BCUT2D eigenvalue weighted by Crippen LogP contribution is -2.26. The number of halogens is 1. The van der Waals surface area contributed by atoms with E-state index in [1.165, 1.54) is 0 Å². The van der Waals surface area contributed by atoms with Crippen molar-refractivity contribution in [2.24, 2.45) is 0 Å². The molecule has 0 spiro atoms. The third kappa shape index (κ3) is 3.51. The zero-order chi connectivity index (χ0) is 13.0. The van der Waals surface area contributed by atoms with Gasteiger partial charge in [0.15, 0.2) is 11.5 Å². The van der Waals surface area contributed by atoms with Crippen molar-refractivity contribution < 1.29 is 17.9 Å². The molecule has 1 aromatic carbocycles. The average Bonchev–Trinajstić information content (AvgIpc) is 2.38. The van der Waals surface area contributed by atoms with Crippen molar-refractivity contribution in [2.75, 3.05) is 25.0 Å². The van der Waals surface area contributed by atoms with E-state index in [1.54, 1.807) is 0 Å². The number of hydrogen-bond acceptors (Lipinski definition) is 4. The highest BCUT2D eigenvalue weighted by Crippen LogP contribution is 2.30. The third-order valence-corrected chi connectivity index (χ3v) is 4.28. The molecule has 0 saturated carbocycles. The summed E-state index contributed by atoms with van der Waals surface area (Å²) in [6, 6.07) is 5.59. The second-order valence-electron chi connectivity index (χ2n) is 3.85. The van der Waals surface area contributed by atoms with Crippen molar-refractivity contribution in [2.45, 2.75) is 6.42 Å². The van der Waals surface area contributed by atoms with E-state index in [9.17, 15) is 8.42 Å². The molecule has 1 aliphatic heterocycles. The minimum atomic E-state index is -3.35. The van der Waals surface area contributed by atoms with Gasteiger partial charge in [0.05, 0.1) is 0 Å². The standard InChI is InChI=1S/C11H14ClNO4S/c12-8-18(14,15)13-4-3-9-1-2-10-11(7-9)17-6-5-16-10/h1-2,7,13H,3-6,8H2. The van der Waals surface area contributed by atoms with Gasteiger partial charge in [-0.1, -0.05) is 6.07 Å². The Morgan fingerprint density at radius 3 is 2.67 bits per heavy atom. The number of ether oxygens (including phenoxy) is 2. The van der Waals surface area contributed by atoms with Crippen molar-refractivity contribution in [1.29, 1.82) is 0 Å². The molecule has 1 aliphatic rings. The molecule has 100 valence electrons. The third-order valence-electron chi connectivity index (χ3n) is 2.49. The quantitative estimate of drug-likeness (QED) is 0.826. The van der Waals surface area contributed by atoms with Crippen LogP contribution in [0.5, 0.6) is 11.5 Å². The van der Waals surface area contributed by atoms with Crippen LogP contribution in [0.25, 0.3) is 0 Å². The molecular weight excluding hydrogens is 278 g/mol. The summed E-state index contributed by atoms with van der Waals surface area (Å²) in [7, 11) is -3.35. The molecule has 2 rings (SSSR count). The molecule has 0 unspecified atom stereocenters. The number of benzene rings is 1. The average molecular weight is 292 g/mol. The van der Waals surface area contributed by atoms with Crippen molar-refractivity contribution >= 4 is 21.6 Å². The summed E-state index contributed by atoms with van der Waals surface area (Å²) >= 11 is 5.28. The molecule has 18 heavy (non-hydrogen) atoms. The number of sulfonamides is 1. The predicted molar refractivity (Wildman–Crippen MR) is 68.8 cm³/mol. The molecule has 0 bridgehead atoms. The molecule has 0 amide bonds. The molecular formula is C11H14ClNO4S. The van der Waals surface area contributed by atoms with Gasteiger partial charge in [0.1, 0.15) is 18.4 Å². The molecule has 0 aromatic heterocycles. The van der Waals surface area contributed by atoms with Crippen LogP contribution >= 0.6 is 11.6 Å². The topological polar surface area (TPSA) is 64.6 Å². The van der Waals surface area contributed by atoms with Gasteiger partial charge in [-0.2, -0.15) is 0 Å². The van der Waals surface area contributed by atoms with E-state index in [1.807, 2.05) is 18.2 Å². The highest BCUT2D eigenvalue weighted by atomic mass is 35.5. The second-order valence-corrected chi connectivity index (χ2v) is 6.24. The van der Waals surface area contributed by atoms with Gasteiger partial charge in [-0.3, -0.25) is 0 Å². The van der Waals surface area contributed by atoms with Gasteiger partial charge in [0.25, 0.3) is 0 Å². The number of nitrogens with one attached hydrogen (secondary N) is 1. The summed E-state index contributed by atoms with van der Waals surface area (Å²) in [4.78, 5) is 0. The zero-order valence-corrected chi connectivity index (χ0v) is 11.3. The number of rotatable bonds is 5. The Morgan fingerprint density at radius 2 is 1.94 bits per heavy atom. The van der Waals surface area contributed by atoms with E-state index in [4.69, 9.17) is 21.1 Å². The lowest BCUT2D eigenvalue weighted by atomic mass is 10.1. The fourth-order valence-corrected chi connectivity index (χ4v) is 2.35. The molecule has 0 aliphatic carbocycles. The Kier molecular flexibility index (Phi) is 4.31. The van der Waals surface area contributed by atoms with Crippen molar-refractivity contribution in [1.82, 2.24) is 4.72 Å². The fraction of sp³-hybridized carbons (Fsp3) is 0.455. The van der Waals surface area contributed by atoms with Crippen LogP contribution in [-0.4, -0.2) is 33.4 Å². The van der Waals surface area contributed by atoms with Gasteiger partial charge in [-0.05, 0) is 24.1 Å². The minimum Gasteiger partial charge on any atom is -0.486 e. The Bertz CT molecular complexity index is 518. The van der Waals surface area contributed by atoms with E-state index >= 15 is 0 Å². The van der Waals surface area contributed by atoms with Gasteiger partial charge in [0, 0.05) is 6.54 Å². The lowest BCUT2D eigenvalue weighted by Gasteiger charge is -2.18. The monoisotopic (exact) mass is 291 g/mol. The maximum Gasteiger partial charge on any atom is 0.225 e. The van der Waals surface area contributed by atoms with Crippen LogP contribution in [0.2, 0.25) is 0 Å². The number of hydrogen-bond donors (Lipinski definition) is 1. The number of alkyl halides is 1. The number of fused-ring (bicyclic) bond motifs is 1. The molecule has 0 fully saturated rings. The van der Waals surface area contributed by atoms with Gasteiger partial charge >= 0.3 is 0 Å². The molecule has 5 nitrogen and oxygen atoms in total. The van der Waals surface area contributed by atoms with Gasteiger partial charge in [0.2, 0.25) is 10.0 Å². The fourth-order valence-electron chi connectivity index (χ4n) is 1.63. The predicted octanol–water partition coefficient (Wildman–Crippen LogP) is 1.12. The van der Waals surface area contributed by atoms with E-state index in [2.05, 4.69) is 4.72 Å². The van der Waals surface area contributed by atoms with Crippen LogP contribution < -0.4 is 14.2 Å². The summed E-state index contributed by atoms with van der Waals surface area (Å²) in [6.45, 7) is 1.41. The summed E-state index contributed by atoms with van der Waals surface area (Å²) in [5.41, 5.74) is 0.983. The Morgan fingerprint density at radius 1 is 1.22 bits per heavy atom.